The average Bonchev–Trinajstić information content (AvgIpc) is 3.47. The predicted octanol–water partition coefficient (Wildman–Crippen LogP) is 1.04. The molecule has 1 saturated carbocycles. The topological polar surface area (TPSA) is 111 Å². The van der Waals surface area contributed by atoms with Crippen LogP contribution in [0.5, 0.6) is 0 Å². The number of aromatic nitrogens is 1. The fourth-order valence-corrected chi connectivity index (χ4v) is 3.09. The molecule has 2 aromatic rings. The van der Waals surface area contributed by atoms with Crippen molar-refractivity contribution in [3.05, 3.63) is 68.6 Å². The largest absolute Gasteiger partial charge is 0.366 e. The van der Waals surface area contributed by atoms with Gasteiger partial charge in [0.15, 0.2) is 0 Å². The number of rotatable bonds is 6. The molecular formula is C19H19N3O4. The first-order valence-electron chi connectivity index (χ1n) is 8.29. The van der Waals surface area contributed by atoms with Crippen LogP contribution in [-0.4, -0.2) is 29.7 Å². The lowest BCUT2D eigenvalue weighted by atomic mass is 9.98. The van der Waals surface area contributed by atoms with Gasteiger partial charge in [-0.15, -0.1) is 0 Å². The molecule has 0 atom stereocenters. The number of carbonyl (C=O) groups excluding carboxylic acids is 3. The third-order valence-corrected chi connectivity index (χ3v) is 4.46. The fourth-order valence-electron chi connectivity index (χ4n) is 3.09. The molecule has 7 nitrogen and oxygen atoms in total. The number of nitrogens with two attached hydrogens (primary N) is 1. The number of hydrogen-bond donors (Lipinski definition) is 2. The molecule has 1 aliphatic rings. The summed E-state index contributed by atoms with van der Waals surface area (Å²) in [5.74, 6) is -1.20. The zero-order chi connectivity index (χ0) is 18.8. The molecule has 2 amide bonds. The Balaban J connectivity index is 2.17. The zero-order valence-electron chi connectivity index (χ0n) is 14.3. The van der Waals surface area contributed by atoms with Crippen LogP contribution < -0.4 is 16.6 Å². The third kappa shape index (κ3) is 3.28. The first-order valence-corrected chi connectivity index (χ1v) is 8.29. The highest BCUT2D eigenvalue weighted by Crippen LogP contribution is 2.42. The van der Waals surface area contributed by atoms with Crippen LogP contribution in [-0.2, 0) is 6.54 Å². The molecule has 3 N–H and O–H groups in total. The number of aldehydes is 1. The van der Waals surface area contributed by atoms with E-state index in [4.69, 9.17) is 5.73 Å². The number of hydrogen-bond acceptors (Lipinski definition) is 4. The molecule has 7 heteroatoms. The van der Waals surface area contributed by atoms with Gasteiger partial charge < -0.3 is 15.6 Å². The lowest BCUT2D eigenvalue weighted by molar-refractivity contribution is 0.0959. The highest BCUT2D eigenvalue weighted by Gasteiger charge is 2.34. The van der Waals surface area contributed by atoms with Crippen LogP contribution in [0.2, 0.25) is 0 Å². The second-order valence-electron chi connectivity index (χ2n) is 6.35. The molecule has 0 radical (unpaired) electrons. The van der Waals surface area contributed by atoms with E-state index in [1.807, 2.05) is 0 Å². The predicted molar refractivity (Wildman–Crippen MR) is 95.5 cm³/mol. The summed E-state index contributed by atoms with van der Waals surface area (Å²) in [6.45, 7) is 0.121. The van der Waals surface area contributed by atoms with Gasteiger partial charge in [0.1, 0.15) is 11.8 Å². The molecule has 1 heterocycles. The quantitative estimate of drug-likeness (QED) is 0.756. The van der Waals surface area contributed by atoms with E-state index in [-0.39, 0.29) is 23.6 Å². The van der Waals surface area contributed by atoms with Gasteiger partial charge in [-0.25, -0.2) is 0 Å². The van der Waals surface area contributed by atoms with Crippen molar-refractivity contribution in [1.82, 2.24) is 9.88 Å². The Morgan fingerprint density at radius 2 is 2.08 bits per heavy atom. The SMILES string of the molecule is CNC(=O)c1c(C2CC2)c(C(N)=O)cn(Cc2cccc(C=O)c2)c1=O. The van der Waals surface area contributed by atoms with Crippen molar-refractivity contribution in [3.8, 4) is 0 Å². The summed E-state index contributed by atoms with van der Waals surface area (Å²) >= 11 is 0. The van der Waals surface area contributed by atoms with Crippen LogP contribution >= 0.6 is 0 Å². The number of nitrogens with one attached hydrogen (secondary N) is 1. The minimum absolute atomic E-state index is 0.00513. The monoisotopic (exact) mass is 353 g/mol. The van der Waals surface area contributed by atoms with Gasteiger partial charge in [-0.2, -0.15) is 0 Å². The van der Waals surface area contributed by atoms with Crippen molar-refractivity contribution >= 4 is 18.1 Å². The normalized spacial score (nSPS) is 13.3. The Morgan fingerprint density at radius 1 is 1.35 bits per heavy atom. The summed E-state index contributed by atoms with van der Waals surface area (Å²) < 4.78 is 1.29. The van der Waals surface area contributed by atoms with Crippen LogP contribution in [0.1, 0.15) is 61.0 Å². The minimum atomic E-state index is -0.674. The number of primary amides is 1. The van der Waals surface area contributed by atoms with Gasteiger partial charge in [0.05, 0.1) is 12.1 Å². The molecular weight excluding hydrogens is 334 g/mol. The van der Waals surface area contributed by atoms with E-state index >= 15 is 0 Å². The first-order chi connectivity index (χ1) is 12.5. The molecule has 1 aromatic heterocycles. The van der Waals surface area contributed by atoms with E-state index in [2.05, 4.69) is 5.32 Å². The van der Waals surface area contributed by atoms with Gasteiger partial charge in [0.25, 0.3) is 17.4 Å². The Hall–Kier alpha value is -3.22. The number of nitrogens with zero attached hydrogens (tertiary/aromatic N) is 1. The van der Waals surface area contributed by atoms with Gasteiger partial charge in [-0.05, 0) is 36.0 Å². The summed E-state index contributed by atoms with van der Waals surface area (Å²) in [7, 11) is 1.44. The van der Waals surface area contributed by atoms with E-state index < -0.39 is 17.4 Å². The van der Waals surface area contributed by atoms with Crippen molar-refractivity contribution < 1.29 is 14.4 Å². The van der Waals surface area contributed by atoms with Crippen molar-refractivity contribution in [3.63, 3.8) is 0 Å². The lowest BCUT2D eigenvalue weighted by Crippen LogP contribution is -2.35. The average molecular weight is 353 g/mol. The van der Waals surface area contributed by atoms with E-state index in [9.17, 15) is 19.2 Å². The standard InChI is InChI=1S/C19H19N3O4/c1-21-18(25)16-15(13-5-6-13)14(17(20)24)9-22(19(16)26)8-11-3-2-4-12(7-11)10-23/h2-4,7,9-10,13H,5-6,8H2,1H3,(H2,20,24)(H,21,25). The van der Waals surface area contributed by atoms with Gasteiger partial charge in [-0.1, -0.05) is 18.2 Å². The molecule has 0 aliphatic heterocycles. The van der Waals surface area contributed by atoms with Crippen LogP contribution in [0, 0.1) is 0 Å². The van der Waals surface area contributed by atoms with Gasteiger partial charge in [-0.3, -0.25) is 19.2 Å². The lowest BCUT2D eigenvalue weighted by Gasteiger charge is -2.16. The molecule has 3 rings (SSSR count). The minimum Gasteiger partial charge on any atom is -0.366 e. The van der Waals surface area contributed by atoms with Gasteiger partial charge >= 0.3 is 0 Å². The van der Waals surface area contributed by atoms with Crippen LogP contribution in [0.15, 0.2) is 35.3 Å². The van der Waals surface area contributed by atoms with Crippen LogP contribution in [0.3, 0.4) is 0 Å². The van der Waals surface area contributed by atoms with Gasteiger partial charge in [0, 0.05) is 18.8 Å². The maximum absolute atomic E-state index is 12.9. The van der Waals surface area contributed by atoms with E-state index in [0.717, 1.165) is 12.8 Å². The molecule has 26 heavy (non-hydrogen) atoms. The molecule has 1 fully saturated rings. The second-order valence-corrected chi connectivity index (χ2v) is 6.35. The van der Waals surface area contributed by atoms with Crippen molar-refractivity contribution in [2.45, 2.75) is 25.3 Å². The summed E-state index contributed by atoms with van der Waals surface area (Å²) in [5.41, 5.74) is 6.83. The van der Waals surface area contributed by atoms with E-state index in [1.165, 1.54) is 17.8 Å². The Kier molecular flexibility index (Phi) is 4.71. The number of benzene rings is 1. The van der Waals surface area contributed by atoms with E-state index in [1.54, 1.807) is 24.3 Å². The Labute approximate surface area is 149 Å². The fraction of sp³-hybridized carbons (Fsp3) is 0.263. The van der Waals surface area contributed by atoms with E-state index in [0.29, 0.717) is 23.0 Å². The maximum atomic E-state index is 12.9. The van der Waals surface area contributed by atoms with Crippen molar-refractivity contribution in [1.29, 1.82) is 0 Å². The zero-order valence-corrected chi connectivity index (χ0v) is 14.3. The molecule has 0 spiro atoms. The first kappa shape index (κ1) is 17.6. The van der Waals surface area contributed by atoms with Gasteiger partial charge in [0.2, 0.25) is 0 Å². The second kappa shape index (κ2) is 6.95. The van der Waals surface area contributed by atoms with Crippen molar-refractivity contribution in [2.75, 3.05) is 7.05 Å². The summed E-state index contributed by atoms with van der Waals surface area (Å²) in [6.07, 6.45) is 3.76. The van der Waals surface area contributed by atoms with Crippen LogP contribution in [0.25, 0.3) is 0 Å². The smallest absolute Gasteiger partial charge is 0.264 e. The third-order valence-electron chi connectivity index (χ3n) is 4.46. The number of amides is 2. The summed E-state index contributed by atoms with van der Waals surface area (Å²) in [6, 6.07) is 6.77. The number of carbonyl (C=O) groups is 3. The highest BCUT2D eigenvalue weighted by molar-refractivity contribution is 6.01. The maximum Gasteiger partial charge on any atom is 0.264 e. The highest BCUT2D eigenvalue weighted by atomic mass is 16.2. The molecule has 0 bridgehead atoms. The molecule has 134 valence electrons. The molecule has 0 saturated heterocycles. The van der Waals surface area contributed by atoms with Crippen LogP contribution in [0.4, 0.5) is 0 Å². The Bertz CT molecular complexity index is 958. The molecule has 0 unspecified atom stereocenters. The molecule has 1 aromatic carbocycles. The summed E-state index contributed by atoms with van der Waals surface area (Å²) in [4.78, 5) is 48.2. The van der Waals surface area contributed by atoms with Crippen molar-refractivity contribution in [2.24, 2.45) is 5.73 Å². The molecule has 1 aliphatic carbocycles. The Morgan fingerprint density at radius 3 is 2.65 bits per heavy atom. The number of pyridine rings is 1. The summed E-state index contributed by atoms with van der Waals surface area (Å²) in [5, 5.41) is 2.47.